The van der Waals surface area contributed by atoms with Gasteiger partial charge in [0.25, 0.3) is 0 Å². The second-order valence-electron chi connectivity index (χ2n) is 4.09. The molecule has 0 saturated heterocycles. The van der Waals surface area contributed by atoms with Crippen molar-refractivity contribution in [3.8, 4) is 0 Å². The zero-order valence-corrected chi connectivity index (χ0v) is 11.6. The van der Waals surface area contributed by atoms with E-state index in [-0.39, 0.29) is 18.6 Å². The maximum absolute atomic E-state index is 11.7. The summed E-state index contributed by atoms with van der Waals surface area (Å²) in [6, 6.07) is 7.33. The van der Waals surface area contributed by atoms with E-state index < -0.39 is 0 Å². The summed E-state index contributed by atoms with van der Waals surface area (Å²) in [5.41, 5.74) is 0.905. The van der Waals surface area contributed by atoms with Gasteiger partial charge < -0.3 is 10.1 Å². The van der Waals surface area contributed by atoms with Gasteiger partial charge in [0.2, 0.25) is 5.91 Å². The zero-order chi connectivity index (χ0) is 14.4. The Balaban J connectivity index is 1.89. The summed E-state index contributed by atoms with van der Waals surface area (Å²) in [5, 5.41) is 13.9. The number of amides is 1. The van der Waals surface area contributed by atoms with Crippen LogP contribution in [0.25, 0.3) is 0 Å². The van der Waals surface area contributed by atoms with Gasteiger partial charge in [-0.05, 0) is 28.1 Å². The molecule has 0 aliphatic heterocycles. The molecule has 2 rings (SSSR count). The van der Waals surface area contributed by atoms with Crippen LogP contribution in [0.2, 0.25) is 5.02 Å². The highest BCUT2D eigenvalue weighted by atomic mass is 35.5. The summed E-state index contributed by atoms with van der Waals surface area (Å²) in [6.45, 7) is 0.413. The average molecular weight is 296 g/mol. The van der Waals surface area contributed by atoms with Gasteiger partial charge in [0.05, 0.1) is 6.10 Å². The van der Waals surface area contributed by atoms with Gasteiger partial charge in [-0.1, -0.05) is 23.7 Å². The lowest BCUT2D eigenvalue weighted by Crippen LogP contribution is -2.32. The molecule has 2 aromatic rings. The maximum Gasteiger partial charge on any atom is 0.241 e. The van der Waals surface area contributed by atoms with Crippen molar-refractivity contribution in [3.63, 3.8) is 0 Å². The number of ether oxygens (including phenoxy) is 1. The summed E-state index contributed by atoms with van der Waals surface area (Å²) in [6.07, 6.45) is 1.12. The molecule has 0 bridgehead atoms. The van der Waals surface area contributed by atoms with Crippen LogP contribution in [-0.4, -0.2) is 39.8 Å². The number of hydrogen-bond acceptors (Lipinski definition) is 5. The second-order valence-corrected chi connectivity index (χ2v) is 4.53. The third-order valence-corrected chi connectivity index (χ3v) is 2.92. The van der Waals surface area contributed by atoms with Crippen molar-refractivity contribution in [1.82, 2.24) is 25.5 Å². The molecule has 1 atom stereocenters. The first kappa shape index (κ1) is 14.4. The van der Waals surface area contributed by atoms with Crippen molar-refractivity contribution in [1.29, 1.82) is 0 Å². The highest BCUT2D eigenvalue weighted by Gasteiger charge is 2.12. The monoisotopic (exact) mass is 295 g/mol. The van der Waals surface area contributed by atoms with Crippen molar-refractivity contribution in [2.45, 2.75) is 12.6 Å². The third kappa shape index (κ3) is 4.01. The zero-order valence-electron chi connectivity index (χ0n) is 10.9. The van der Waals surface area contributed by atoms with Crippen molar-refractivity contribution in [2.75, 3.05) is 13.7 Å². The van der Waals surface area contributed by atoms with E-state index in [9.17, 15) is 4.79 Å². The summed E-state index contributed by atoms with van der Waals surface area (Å²) < 4.78 is 6.70. The fourth-order valence-corrected chi connectivity index (χ4v) is 1.91. The van der Waals surface area contributed by atoms with Crippen LogP contribution in [0.15, 0.2) is 30.6 Å². The number of carbonyl (C=O) groups is 1. The number of hydrogen-bond donors (Lipinski definition) is 1. The Kier molecular flexibility index (Phi) is 5.03. The van der Waals surface area contributed by atoms with Gasteiger partial charge in [0.1, 0.15) is 12.9 Å². The number of benzene rings is 1. The van der Waals surface area contributed by atoms with E-state index in [2.05, 4.69) is 20.8 Å². The Morgan fingerprint density at radius 1 is 1.55 bits per heavy atom. The molecule has 0 aliphatic carbocycles. The van der Waals surface area contributed by atoms with E-state index in [1.54, 1.807) is 13.2 Å². The Bertz CT molecular complexity index is 561. The Morgan fingerprint density at radius 3 is 3.05 bits per heavy atom. The van der Waals surface area contributed by atoms with E-state index >= 15 is 0 Å². The Morgan fingerprint density at radius 2 is 2.40 bits per heavy atom. The molecule has 0 unspecified atom stereocenters. The number of aromatic nitrogens is 4. The van der Waals surface area contributed by atoms with Gasteiger partial charge in [0.15, 0.2) is 0 Å². The highest BCUT2D eigenvalue weighted by molar-refractivity contribution is 6.30. The van der Waals surface area contributed by atoms with Crippen LogP contribution in [-0.2, 0) is 16.1 Å². The molecule has 7 nitrogen and oxygen atoms in total. The molecule has 8 heteroatoms. The molecule has 106 valence electrons. The molecule has 1 heterocycles. The first-order valence-corrected chi connectivity index (χ1v) is 6.32. The lowest BCUT2D eigenvalue weighted by atomic mass is 10.1. The normalized spacial score (nSPS) is 12.1. The van der Waals surface area contributed by atoms with E-state index in [1.807, 2.05) is 18.2 Å². The maximum atomic E-state index is 11.7. The van der Waals surface area contributed by atoms with E-state index in [1.165, 1.54) is 11.0 Å². The molecule has 0 spiro atoms. The largest absolute Gasteiger partial charge is 0.375 e. The molecule has 20 heavy (non-hydrogen) atoms. The van der Waals surface area contributed by atoms with Crippen LogP contribution in [0.5, 0.6) is 0 Å². The first-order valence-electron chi connectivity index (χ1n) is 5.95. The van der Waals surface area contributed by atoms with Crippen LogP contribution in [0.4, 0.5) is 0 Å². The number of nitrogens with one attached hydrogen (secondary N) is 1. The standard InChI is InChI=1S/C12H14ClN5O2/c1-20-11(9-3-2-4-10(13)5-9)6-14-12(19)7-18-8-15-16-17-18/h2-5,8,11H,6-7H2,1H3,(H,14,19)/t11-/m0/s1. The lowest BCUT2D eigenvalue weighted by molar-refractivity contribution is -0.122. The van der Waals surface area contributed by atoms with Crippen molar-refractivity contribution in [3.05, 3.63) is 41.2 Å². The van der Waals surface area contributed by atoms with Gasteiger partial charge in [-0.3, -0.25) is 4.79 Å². The molecule has 0 aliphatic rings. The predicted molar refractivity (Wildman–Crippen MR) is 72.0 cm³/mol. The molecule has 1 aromatic carbocycles. The minimum Gasteiger partial charge on any atom is -0.375 e. The van der Waals surface area contributed by atoms with E-state index in [0.717, 1.165) is 5.56 Å². The number of methoxy groups -OCH3 is 1. The number of rotatable bonds is 6. The number of nitrogens with zero attached hydrogens (tertiary/aromatic N) is 4. The van der Waals surface area contributed by atoms with Gasteiger partial charge in [-0.2, -0.15) is 0 Å². The predicted octanol–water partition coefficient (Wildman–Crippen LogP) is 0.830. The van der Waals surface area contributed by atoms with Crippen molar-refractivity contribution >= 4 is 17.5 Å². The minimum absolute atomic E-state index is 0.0684. The summed E-state index contributed by atoms with van der Waals surface area (Å²) in [5.74, 6) is -0.193. The quantitative estimate of drug-likeness (QED) is 0.853. The highest BCUT2D eigenvalue weighted by Crippen LogP contribution is 2.19. The van der Waals surface area contributed by atoms with Crippen molar-refractivity contribution < 1.29 is 9.53 Å². The van der Waals surface area contributed by atoms with Crippen LogP contribution in [0.3, 0.4) is 0 Å². The van der Waals surface area contributed by atoms with Crippen LogP contribution < -0.4 is 5.32 Å². The average Bonchev–Trinajstić information content (AvgIpc) is 2.92. The van der Waals surface area contributed by atoms with Gasteiger partial charge in [0, 0.05) is 18.7 Å². The summed E-state index contributed by atoms with van der Waals surface area (Å²) in [4.78, 5) is 11.7. The molecular weight excluding hydrogens is 282 g/mol. The Labute approximate surface area is 120 Å². The molecule has 1 N–H and O–H groups in total. The second kappa shape index (κ2) is 6.97. The topological polar surface area (TPSA) is 81.9 Å². The van der Waals surface area contributed by atoms with Gasteiger partial charge >= 0.3 is 0 Å². The number of tetrazole rings is 1. The molecule has 0 radical (unpaired) electrons. The molecule has 1 aromatic heterocycles. The lowest BCUT2D eigenvalue weighted by Gasteiger charge is -2.16. The number of halogens is 1. The van der Waals surface area contributed by atoms with Gasteiger partial charge in [-0.25, -0.2) is 4.68 Å². The van der Waals surface area contributed by atoms with Crippen LogP contribution in [0.1, 0.15) is 11.7 Å². The summed E-state index contributed by atoms with van der Waals surface area (Å²) >= 11 is 5.94. The third-order valence-electron chi connectivity index (χ3n) is 2.69. The number of carbonyl (C=O) groups excluding carboxylic acids is 1. The van der Waals surface area contributed by atoms with Crippen LogP contribution in [0, 0.1) is 0 Å². The fraction of sp³-hybridized carbons (Fsp3) is 0.333. The van der Waals surface area contributed by atoms with Crippen LogP contribution >= 0.6 is 11.6 Å². The van der Waals surface area contributed by atoms with Crippen molar-refractivity contribution in [2.24, 2.45) is 0 Å². The van der Waals surface area contributed by atoms with E-state index in [4.69, 9.17) is 16.3 Å². The molecule has 0 saturated carbocycles. The Hall–Kier alpha value is -1.99. The summed E-state index contributed by atoms with van der Waals surface area (Å²) in [7, 11) is 1.58. The first-order chi connectivity index (χ1) is 9.69. The van der Waals surface area contributed by atoms with Gasteiger partial charge in [-0.15, -0.1) is 5.10 Å². The minimum atomic E-state index is -0.258. The molecule has 0 fully saturated rings. The SMILES string of the molecule is CO[C@@H](CNC(=O)Cn1cnnn1)c1cccc(Cl)c1. The molecular formula is C12H14ClN5O2. The fourth-order valence-electron chi connectivity index (χ4n) is 1.71. The van der Waals surface area contributed by atoms with E-state index in [0.29, 0.717) is 11.6 Å². The molecule has 1 amide bonds. The smallest absolute Gasteiger partial charge is 0.241 e.